The molecule has 0 aliphatic rings. The van der Waals surface area contributed by atoms with Gasteiger partial charge in [-0.05, 0) is 38.0 Å². The van der Waals surface area contributed by atoms with Gasteiger partial charge in [0, 0.05) is 18.7 Å². The predicted octanol–water partition coefficient (Wildman–Crippen LogP) is 2.28. The van der Waals surface area contributed by atoms with E-state index in [4.69, 9.17) is 10.5 Å². The van der Waals surface area contributed by atoms with Crippen molar-refractivity contribution < 1.29 is 17.9 Å². The fourth-order valence-electron chi connectivity index (χ4n) is 2.00. The smallest absolute Gasteiger partial charge is 0.262 e. The number of carbonyl (C=O) groups is 1. The fourth-order valence-corrected chi connectivity index (χ4v) is 3.15. The van der Waals surface area contributed by atoms with E-state index < -0.39 is 21.8 Å². The zero-order valence-electron chi connectivity index (χ0n) is 14.4. The van der Waals surface area contributed by atoms with E-state index in [2.05, 4.69) is 13.2 Å². The van der Waals surface area contributed by atoms with Crippen LogP contribution in [-0.4, -0.2) is 32.8 Å². The van der Waals surface area contributed by atoms with Gasteiger partial charge in [0.15, 0.2) is 0 Å². The minimum Gasteiger partial charge on any atom is -0.497 e. The molecular weight excluding hydrogens is 316 g/mol. The van der Waals surface area contributed by atoms with Gasteiger partial charge in [0.1, 0.15) is 5.76 Å². The Morgan fingerprint density at radius 3 is 2.30 bits per heavy atom. The first-order chi connectivity index (χ1) is 10.5. The fraction of sp³-hybridized carbons (Fsp3) is 0.438. The maximum Gasteiger partial charge on any atom is 0.262 e. The molecule has 130 valence electrons. The summed E-state index contributed by atoms with van der Waals surface area (Å²) in [5.41, 5.74) is 6.12. The lowest BCUT2D eigenvalue weighted by molar-refractivity contribution is -0.129. The minimum atomic E-state index is -3.92. The van der Waals surface area contributed by atoms with Crippen molar-refractivity contribution >= 4 is 15.9 Å². The van der Waals surface area contributed by atoms with Gasteiger partial charge in [0.05, 0.1) is 12.0 Å². The van der Waals surface area contributed by atoms with E-state index in [1.165, 1.54) is 27.2 Å². The second kappa shape index (κ2) is 8.57. The maximum absolute atomic E-state index is 12.4. The van der Waals surface area contributed by atoms with E-state index >= 15 is 0 Å². The van der Waals surface area contributed by atoms with Gasteiger partial charge in [-0.15, -0.1) is 0 Å². The number of nitrogens with zero attached hydrogens (tertiary/aromatic N) is 1. The van der Waals surface area contributed by atoms with Crippen molar-refractivity contribution in [2.24, 2.45) is 11.7 Å². The Labute approximate surface area is 139 Å². The van der Waals surface area contributed by atoms with Crippen LogP contribution in [0.25, 0.3) is 0 Å². The average molecular weight is 342 g/mol. The number of amides is 1. The van der Waals surface area contributed by atoms with Crippen LogP contribution in [0.4, 0.5) is 0 Å². The van der Waals surface area contributed by atoms with Crippen LogP contribution >= 0.6 is 0 Å². The number of carbonyl (C=O) groups excluding carboxylic acids is 1. The molecule has 1 atom stereocenters. The van der Waals surface area contributed by atoms with Crippen LogP contribution in [0.1, 0.15) is 27.2 Å². The van der Waals surface area contributed by atoms with E-state index in [9.17, 15) is 13.2 Å². The Bertz CT molecular complexity index is 645. The van der Waals surface area contributed by atoms with Gasteiger partial charge in [-0.1, -0.05) is 20.1 Å². The highest BCUT2D eigenvalue weighted by atomic mass is 32.2. The van der Waals surface area contributed by atoms with E-state index in [-0.39, 0.29) is 10.6 Å². The maximum atomic E-state index is 12.4. The van der Waals surface area contributed by atoms with Crippen LogP contribution in [-0.2, 0) is 19.6 Å². The molecule has 1 unspecified atom stereocenters. The summed E-state index contributed by atoms with van der Waals surface area (Å²) in [5.74, 6) is -0.528. The molecule has 2 N–H and O–H groups in total. The van der Waals surface area contributed by atoms with Crippen LogP contribution in [0, 0.1) is 5.92 Å². The zero-order valence-corrected chi connectivity index (χ0v) is 15.2. The lowest BCUT2D eigenvalue weighted by atomic mass is 10.00. The summed E-state index contributed by atoms with van der Waals surface area (Å²) in [7, 11) is -1.18. The quantitative estimate of drug-likeness (QED) is 0.540. The minimum absolute atomic E-state index is 0.0436. The Kier molecular flexibility index (Phi) is 7.82. The van der Waals surface area contributed by atoms with Crippen LogP contribution < -0.4 is 5.73 Å². The van der Waals surface area contributed by atoms with Crippen molar-refractivity contribution in [2.45, 2.75) is 27.2 Å². The Morgan fingerprint density at radius 2 is 1.91 bits per heavy atom. The van der Waals surface area contributed by atoms with Gasteiger partial charge in [0.25, 0.3) is 10.0 Å². The highest BCUT2D eigenvalue weighted by molar-refractivity contribution is 7.93. The summed E-state index contributed by atoms with van der Waals surface area (Å²) in [6.07, 6.45) is 3.24. The molecule has 0 bridgehead atoms. The molecule has 0 aliphatic heterocycles. The molecule has 0 aromatic rings. The number of nitrogens with two attached hydrogens (primary N) is 1. The number of hydrogen-bond donors (Lipinski definition) is 1. The number of methoxy groups -OCH3 is 1. The average Bonchev–Trinajstić information content (AvgIpc) is 2.45. The van der Waals surface area contributed by atoms with Crippen molar-refractivity contribution in [3.05, 3.63) is 47.2 Å². The molecule has 0 heterocycles. The van der Waals surface area contributed by atoms with Crippen LogP contribution in [0.15, 0.2) is 47.2 Å². The predicted molar refractivity (Wildman–Crippen MR) is 92.5 cm³/mol. The molecule has 0 aliphatic carbocycles. The van der Waals surface area contributed by atoms with Gasteiger partial charge in [-0.2, -0.15) is 0 Å². The highest BCUT2D eigenvalue weighted by Gasteiger charge is 2.29. The summed E-state index contributed by atoms with van der Waals surface area (Å²) in [6, 6.07) is 0. The van der Waals surface area contributed by atoms with Gasteiger partial charge >= 0.3 is 0 Å². The van der Waals surface area contributed by atoms with Crippen LogP contribution in [0.2, 0.25) is 0 Å². The number of rotatable bonds is 8. The van der Waals surface area contributed by atoms with Crippen molar-refractivity contribution in [2.75, 3.05) is 14.2 Å². The molecule has 23 heavy (non-hydrogen) atoms. The van der Waals surface area contributed by atoms with Crippen molar-refractivity contribution in [1.82, 2.24) is 4.31 Å². The number of ether oxygens (including phenoxy) is 1. The van der Waals surface area contributed by atoms with Gasteiger partial charge < -0.3 is 10.5 Å². The molecule has 0 fully saturated rings. The molecule has 1 amide bonds. The third-order valence-corrected chi connectivity index (χ3v) is 5.10. The molecule has 7 heteroatoms. The monoisotopic (exact) mass is 342 g/mol. The largest absolute Gasteiger partial charge is 0.497 e. The first-order valence-electron chi connectivity index (χ1n) is 7.02. The third kappa shape index (κ3) is 5.59. The molecule has 0 saturated carbocycles. The standard InChI is InChI=1S/C16H26N2O4S/c1-8-15(22-7)11(2)9-12(3)16(19)18(6)23(20,21)14(5)10-13(4)17/h8,10,12H,2,4,9,17H2,1,3,5-7H3/b14-10+,15-8+. The second-order valence-corrected chi connectivity index (χ2v) is 7.35. The van der Waals surface area contributed by atoms with Gasteiger partial charge in [-0.25, -0.2) is 12.7 Å². The molecule has 6 nitrogen and oxygen atoms in total. The number of allylic oxidation sites excluding steroid dienone is 4. The summed E-state index contributed by atoms with van der Waals surface area (Å²) >= 11 is 0. The Balaban J connectivity index is 5.23. The molecular formula is C16H26N2O4S. The third-order valence-electron chi connectivity index (χ3n) is 3.27. The number of sulfonamides is 1. The van der Waals surface area contributed by atoms with Crippen molar-refractivity contribution in [3.8, 4) is 0 Å². The number of hydrogen-bond acceptors (Lipinski definition) is 5. The topological polar surface area (TPSA) is 89.7 Å². The molecule has 0 radical (unpaired) electrons. The lowest BCUT2D eigenvalue weighted by Crippen LogP contribution is -2.37. The van der Waals surface area contributed by atoms with Gasteiger partial charge in [0.2, 0.25) is 5.91 Å². The van der Waals surface area contributed by atoms with Crippen molar-refractivity contribution in [3.63, 3.8) is 0 Å². The first-order valence-corrected chi connectivity index (χ1v) is 8.46. The molecule has 0 aromatic carbocycles. The normalized spacial score (nSPS) is 14.1. The SMILES string of the molecule is C=C(N)/C=C(\C)S(=O)(=O)N(C)C(=O)C(C)CC(=C)/C(=C\C)OC. The van der Waals surface area contributed by atoms with Crippen molar-refractivity contribution in [1.29, 1.82) is 0 Å². The van der Waals surface area contributed by atoms with E-state index in [1.54, 1.807) is 19.9 Å². The van der Waals surface area contributed by atoms with E-state index in [0.717, 1.165) is 4.31 Å². The lowest BCUT2D eigenvalue weighted by Gasteiger charge is -2.22. The molecule has 0 aromatic heterocycles. The summed E-state index contributed by atoms with van der Waals surface area (Å²) < 4.78 is 30.5. The summed E-state index contributed by atoms with van der Waals surface area (Å²) in [4.78, 5) is 12.3. The first kappa shape index (κ1) is 21.0. The molecule has 0 rings (SSSR count). The summed E-state index contributed by atoms with van der Waals surface area (Å²) in [6.45, 7) is 12.1. The van der Waals surface area contributed by atoms with E-state index in [0.29, 0.717) is 17.8 Å². The Morgan fingerprint density at radius 1 is 1.39 bits per heavy atom. The highest BCUT2D eigenvalue weighted by Crippen LogP contribution is 2.22. The molecule has 0 spiro atoms. The Hall–Kier alpha value is -2.02. The summed E-state index contributed by atoms with van der Waals surface area (Å²) in [5, 5.41) is 0. The zero-order chi connectivity index (χ0) is 18.4. The van der Waals surface area contributed by atoms with Crippen LogP contribution in [0.3, 0.4) is 0 Å². The molecule has 0 saturated heterocycles. The van der Waals surface area contributed by atoms with Gasteiger partial charge in [-0.3, -0.25) is 4.79 Å². The van der Waals surface area contributed by atoms with E-state index in [1.807, 2.05) is 0 Å². The van der Waals surface area contributed by atoms with Crippen LogP contribution in [0.5, 0.6) is 0 Å². The second-order valence-electron chi connectivity index (χ2n) is 5.21.